The van der Waals surface area contributed by atoms with E-state index < -0.39 is 0 Å². The highest BCUT2D eigenvalue weighted by molar-refractivity contribution is 7.99. The highest BCUT2D eigenvalue weighted by Gasteiger charge is 2.32. The molecule has 0 spiro atoms. The Morgan fingerprint density at radius 1 is 1.53 bits per heavy atom. The summed E-state index contributed by atoms with van der Waals surface area (Å²) in [7, 11) is 0. The van der Waals surface area contributed by atoms with Gasteiger partial charge in [0, 0.05) is 17.5 Å². The van der Waals surface area contributed by atoms with Gasteiger partial charge in [0.2, 0.25) is 5.89 Å². The molecule has 0 aliphatic carbocycles. The lowest BCUT2D eigenvalue weighted by atomic mass is 10.0. The summed E-state index contributed by atoms with van der Waals surface area (Å²) in [4.78, 5) is 4.49. The Hall–Kier alpha value is -0.200. The van der Waals surface area contributed by atoms with Crippen molar-refractivity contribution in [3.05, 3.63) is 11.7 Å². The number of hydrogen-bond donors (Lipinski definition) is 1. The molecule has 2 rings (SSSR count). The van der Waals surface area contributed by atoms with E-state index in [1.165, 1.54) is 0 Å². The molecule has 96 valence electrons. The zero-order valence-corrected chi connectivity index (χ0v) is 11.9. The first kappa shape index (κ1) is 13.2. The van der Waals surface area contributed by atoms with Crippen LogP contribution in [0.25, 0.3) is 0 Å². The summed E-state index contributed by atoms with van der Waals surface area (Å²) in [6.45, 7) is 3.25. The van der Waals surface area contributed by atoms with Gasteiger partial charge in [-0.2, -0.15) is 28.5 Å². The molecule has 17 heavy (non-hydrogen) atoms. The van der Waals surface area contributed by atoms with E-state index in [0.29, 0.717) is 12.0 Å². The van der Waals surface area contributed by atoms with E-state index in [0.717, 1.165) is 41.9 Å². The number of nitrogens with one attached hydrogen (secondary N) is 1. The molecule has 1 aliphatic heterocycles. The molecule has 0 radical (unpaired) electrons. The van der Waals surface area contributed by atoms with Gasteiger partial charge in [0.25, 0.3) is 0 Å². The lowest BCUT2D eigenvalue weighted by molar-refractivity contribution is 0.337. The number of thioether (sulfide) groups is 2. The Morgan fingerprint density at radius 3 is 3.18 bits per heavy atom. The third-order valence-corrected chi connectivity index (χ3v) is 4.55. The fourth-order valence-electron chi connectivity index (χ4n) is 1.93. The summed E-state index contributed by atoms with van der Waals surface area (Å²) in [6, 6.07) is 0.488. The molecule has 0 saturated carbocycles. The van der Waals surface area contributed by atoms with E-state index in [9.17, 15) is 0 Å². The van der Waals surface area contributed by atoms with E-state index in [1.54, 1.807) is 11.8 Å². The summed E-state index contributed by atoms with van der Waals surface area (Å²) in [5.41, 5.74) is 0. The van der Waals surface area contributed by atoms with Crippen molar-refractivity contribution in [2.24, 2.45) is 0 Å². The Morgan fingerprint density at radius 2 is 2.41 bits per heavy atom. The predicted octanol–water partition coefficient (Wildman–Crippen LogP) is 2.13. The Kier molecular flexibility index (Phi) is 5.18. The molecule has 1 aliphatic rings. The average Bonchev–Trinajstić information content (AvgIpc) is 2.94. The fraction of sp³-hybridized carbons (Fsp3) is 0.818. The van der Waals surface area contributed by atoms with Crippen LogP contribution >= 0.6 is 23.5 Å². The second kappa shape index (κ2) is 6.66. The zero-order valence-electron chi connectivity index (χ0n) is 10.3. The van der Waals surface area contributed by atoms with Gasteiger partial charge >= 0.3 is 0 Å². The minimum Gasteiger partial charge on any atom is -0.339 e. The van der Waals surface area contributed by atoms with Gasteiger partial charge in [-0.15, -0.1) is 0 Å². The second-order valence-electron chi connectivity index (χ2n) is 4.19. The number of rotatable bonds is 6. The normalized spacial score (nSPS) is 24.4. The van der Waals surface area contributed by atoms with Gasteiger partial charge in [0.1, 0.15) is 0 Å². The first-order valence-electron chi connectivity index (χ1n) is 5.97. The molecule has 2 unspecified atom stereocenters. The van der Waals surface area contributed by atoms with Crippen LogP contribution in [0.5, 0.6) is 0 Å². The molecule has 2 atom stereocenters. The van der Waals surface area contributed by atoms with Gasteiger partial charge in [-0.1, -0.05) is 12.1 Å². The van der Waals surface area contributed by atoms with Crippen LogP contribution in [0, 0.1) is 0 Å². The van der Waals surface area contributed by atoms with Crippen LogP contribution in [0.2, 0.25) is 0 Å². The van der Waals surface area contributed by atoms with E-state index in [2.05, 4.69) is 22.4 Å². The van der Waals surface area contributed by atoms with E-state index in [4.69, 9.17) is 4.52 Å². The standard InChI is InChI=1S/C11H19N3OS2/c1-3-4-12-9-6-17-5-8(9)11-13-10(7-16-2)14-15-11/h8-9,12H,3-7H2,1-2H3. The Labute approximate surface area is 111 Å². The number of nitrogens with zero attached hydrogens (tertiary/aromatic N) is 2. The van der Waals surface area contributed by atoms with Crippen LogP contribution in [-0.4, -0.2) is 40.5 Å². The lowest BCUT2D eigenvalue weighted by Gasteiger charge is -2.16. The lowest BCUT2D eigenvalue weighted by Crippen LogP contribution is -2.34. The molecule has 1 fully saturated rings. The minimum atomic E-state index is 0.384. The van der Waals surface area contributed by atoms with Gasteiger partial charge in [0.15, 0.2) is 5.82 Å². The third kappa shape index (κ3) is 3.39. The SMILES string of the molecule is CCCNC1CSCC1c1nc(CSC)no1. The summed E-state index contributed by atoms with van der Waals surface area (Å²) in [6.07, 6.45) is 3.21. The van der Waals surface area contributed by atoms with Gasteiger partial charge in [-0.25, -0.2) is 0 Å². The first-order valence-corrected chi connectivity index (χ1v) is 8.52. The molecule has 0 aromatic carbocycles. The average molecular weight is 273 g/mol. The topological polar surface area (TPSA) is 51.0 Å². The largest absolute Gasteiger partial charge is 0.339 e. The van der Waals surface area contributed by atoms with Crippen molar-refractivity contribution < 1.29 is 4.52 Å². The van der Waals surface area contributed by atoms with Crippen molar-refractivity contribution in [2.75, 3.05) is 24.3 Å². The maximum atomic E-state index is 5.38. The molecule has 6 heteroatoms. The predicted molar refractivity (Wildman–Crippen MR) is 73.7 cm³/mol. The summed E-state index contributed by atoms with van der Waals surface area (Å²) in [5.74, 6) is 5.07. The summed E-state index contributed by atoms with van der Waals surface area (Å²) < 4.78 is 5.38. The molecular formula is C11H19N3OS2. The van der Waals surface area contributed by atoms with Crippen molar-refractivity contribution >= 4 is 23.5 Å². The van der Waals surface area contributed by atoms with E-state index in [1.807, 2.05) is 18.0 Å². The van der Waals surface area contributed by atoms with Gasteiger partial charge in [0.05, 0.1) is 11.7 Å². The molecule has 1 aromatic heterocycles. The molecule has 1 aromatic rings. The maximum Gasteiger partial charge on any atom is 0.232 e. The molecule has 4 nitrogen and oxygen atoms in total. The van der Waals surface area contributed by atoms with Crippen molar-refractivity contribution in [3.63, 3.8) is 0 Å². The Balaban J connectivity index is 1.98. The van der Waals surface area contributed by atoms with E-state index in [-0.39, 0.29) is 0 Å². The Bertz CT molecular complexity index is 345. The van der Waals surface area contributed by atoms with Crippen LogP contribution in [0.1, 0.15) is 31.0 Å². The number of aromatic nitrogens is 2. The summed E-state index contributed by atoms with van der Waals surface area (Å²) >= 11 is 3.68. The van der Waals surface area contributed by atoms with Crippen molar-refractivity contribution in [3.8, 4) is 0 Å². The van der Waals surface area contributed by atoms with Crippen LogP contribution in [0.4, 0.5) is 0 Å². The van der Waals surface area contributed by atoms with Gasteiger partial charge in [-0.05, 0) is 19.2 Å². The van der Waals surface area contributed by atoms with Crippen LogP contribution < -0.4 is 5.32 Å². The fourth-order valence-corrected chi connectivity index (χ4v) is 3.68. The van der Waals surface area contributed by atoms with Gasteiger partial charge < -0.3 is 9.84 Å². The molecule has 1 N–H and O–H groups in total. The van der Waals surface area contributed by atoms with Crippen molar-refractivity contribution in [1.82, 2.24) is 15.5 Å². The van der Waals surface area contributed by atoms with Crippen molar-refractivity contribution in [2.45, 2.75) is 31.1 Å². The molecule has 1 saturated heterocycles. The maximum absolute atomic E-state index is 5.38. The van der Waals surface area contributed by atoms with Crippen LogP contribution in [-0.2, 0) is 5.75 Å². The van der Waals surface area contributed by atoms with Gasteiger partial charge in [-0.3, -0.25) is 0 Å². The first-order chi connectivity index (χ1) is 8.35. The highest BCUT2D eigenvalue weighted by Crippen LogP contribution is 2.32. The zero-order chi connectivity index (χ0) is 12.1. The molecular weight excluding hydrogens is 254 g/mol. The third-order valence-electron chi connectivity index (χ3n) is 2.81. The quantitative estimate of drug-likeness (QED) is 0.857. The molecule has 2 heterocycles. The van der Waals surface area contributed by atoms with Crippen LogP contribution in [0.15, 0.2) is 4.52 Å². The molecule has 0 bridgehead atoms. The second-order valence-corrected chi connectivity index (χ2v) is 6.13. The summed E-state index contributed by atoms with van der Waals surface area (Å²) in [5, 5.41) is 7.59. The highest BCUT2D eigenvalue weighted by atomic mass is 32.2. The monoisotopic (exact) mass is 273 g/mol. The van der Waals surface area contributed by atoms with Crippen molar-refractivity contribution in [1.29, 1.82) is 0 Å². The molecule has 0 amide bonds. The van der Waals surface area contributed by atoms with Crippen LogP contribution in [0.3, 0.4) is 0 Å². The smallest absolute Gasteiger partial charge is 0.232 e. The minimum absolute atomic E-state index is 0.384. The number of hydrogen-bond acceptors (Lipinski definition) is 6. The van der Waals surface area contributed by atoms with E-state index >= 15 is 0 Å².